The first kappa shape index (κ1) is 16.3. The summed E-state index contributed by atoms with van der Waals surface area (Å²) in [4.78, 5) is 12.1. The van der Waals surface area contributed by atoms with Gasteiger partial charge in [-0.15, -0.1) is 0 Å². The average molecular weight is 391 g/mol. The lowest BCUT2D eigenvalue weighted by atomic mass is 10.2. The van der Waals surface area contributed by atoms with E-state index in [0.29, 0.717) is 17.2 Å². The summed E-state index contributed by atoms with van der Waals surface area (Å²) in [5.74, 6) is 1.26. The zero-order chi connectivity index (χ0) is 17.1. The Morgan fingerprint density at radius 3 is 2.50 bits per heavy atom. The van der Waals surface area contributed by atoms with Gasteiger partial charge in [0.2, 0.25) is 0 Å². The van der Waals surface area contributed by atoms with E-state index in [9.17, 15) is 4.79 Å². The zero-order valence-electron chi connectivity index (χ0n) is 13.1. The molecule has 24 heavy (non-hydrogen) atoms. The fraction of sp³-hybridized carbons (Fsp3) is 0.188. The Kier molecular flexibility index (Phi) is 4.66. The summed E-state index contributed by atoms with van der Waals surface area (Å²) in [6.07, 6.45) is 0. The molecule has 0 atom stereocenters. The highest BCUT2D eigenvalue weighted by atomic mass is 79.9. The molecule has 0 saturated carbocycles. The van der Waals surface area contributed by atoms with Crippen LogP contribution >= 0.6 is 15.9 Å². The monoisotopic (exact) mass is 390 g/mol. The van der Waals surface area contributed by atoms with Crippen LogP contribution in [0.15, 0.2) is 51.7 Å². The highest BCUT2D eigenvalue weighted by molar-refractivity contribution is 9.10. The molecule has 0 bridgehead atoms. The Morgan fingerprint density at radius 2 is 1.83 bits per heavy atom. The Balaban J connectivity index is 1.96. The minimum absolute atomic E-state index is 0.236. The molecular weight excluding hydrogens is 376 g/mol. The summed E-state index contributed by atoms with van der Waals surface area (Å²) < 4.78 is 14.4. The summed E-state index contributed by atoms with van der Waals surface area (Å²) in [5.41, 5.74) is 1.06. The van der Waals surface area contributed by atoms with Crippen molar-refractivity contribution < 1.29 is 9.47 Å². The van der Waals surface area contributed by atoms with Gasteiger partial charge in [-0.05, 0) is 34.7 Å². The molecule has 0 aliphatic rings. The van der Waals surface area contributed by atoms with Crippen molar-refractivity contribution in [3.8, 4) is 17.2 Å². The summed E-state index contributed by atoms with van der Waals surface area (Å²) >= 11 is 3.50. The van der Waals surface area contributed by atoms with E-state index in [0.717, 1.165) is 10.0 Å². The SMILES string of the molecule is COc1ccccc1OCc1c(Br)cccc1-n1nnn(C)c1=O. The number of nitrogens with zero attached hydrogens (tertiary/aromatic N) is 4. The zero-order valence-corrected chi connectivity index (χ0v) is 14.7. The number of benzene rings is 2. The predicted octanol–water partition coefficient (Wildman–Crippen LogP) is 2.32. The molecule has 1 heterocycles. The van der Waals surface area contributed by atoms with Crippen molar-refractivity contribution in [1.82, 2.24) is 19.8 Å². The van der Waals surface area contributed by atoms with E-state index in [1.807, 2.05) is 36.4 Å². The van der Waals surface area contributed by atoms with Crippen LogP contribution in [0.3, 0.4) is 0 Å². The fourth-order valence-electron chi connectivity index (χ4n) is 2.24. The number of ether oxygens (including phenoxy) is 2. The highest BCUT2D eigenvalue weighted by Crippen LogP contribution is 2.29. The molecule has 7 nitrogen and oxygen atoms in total. The van der Waals surface area contributed by atoms with Crippen LogP contribution in [0, 0.1) is 0 Å². The summed E-state index contributed by atoms with van der Waals surface area (Å²) in [5, 5.41) is 7.64. The molecule has 0 amide bonds. The van der Waals surface area contributed by atoms with Crippen molar-refractivity contribution in [2.45, 2.75) is 6.61 Å². The van der Waals surface area contributed by atoms with Gasteiger partial charge < -0.3 is 9.47 Å². The maximum absolute atomic E-state index is 12.1. The van der Waals surface area contributed by atoms with Crippen molar-refractivity contribution in [3.05, 3.63) is 63.0 Å². The minimum atomic E-state index is -0.327. The average Bonchev–Trinajstić information content (AvgIpc) is 2.93. The molecule has 0 fully saturated rings. The Labute approximate surface area is 146 Å². The molecule has 0 spiro atoms. The van der Waals surface area contributed by atoms with Gasteiger partial charge >= 0.3 is 5.69 Å². The number of rotatable bonds is 5. The van der Waals surface area contributed by atoms with Gasteiger partial charge in [0, 0.05) is 17.1 Å². The summed E-state index contributed by atoms with van der Waals surface area (Å²) in [7, 11) is 3.14. The van der Waals surface area contributed by atoms with E-state index < -0.39 is 0 Å². The van der Waals surface area contributed by atoms with Crippen LogP contribution in [-0.2, 0) is 13.7 Å². The second kappa shape index (κ2) is 6.88. The van der Waals surface area contributed by atoms with Crippen LogP contribution in [0.2, 0.25) is 0 Å². The van der Waals surface area contributed by atoms with Gasteiger partial charge in [-0.2, -0.15) is 9.36 Å². The van der Waals surface area contributed by atoms with Crippen molar-refractivity contribution in [3.63, 3.8) is 0 Å². The van der Waals surface area contributed by atoms with Gasteiger partial charge in [-0.3, -0.25) is 0 Å². The number of tetrazole rings is 1. The summed E-state index contributed by atoms with van der Waals surface area (Å²) in [6.45, 7) is 0.236. The normalized spacial score (nSPS) is 10.6. The van der Waals surface area contributed by atoms with Crippen molar-refractivity contribution in [1.29, 1.82) is 0 Å². The standard InChI is InChI=1S/C16H15BrN4O3/c1-20-16(22)21(19-18-20)13-7-5-6-12(17)11(13)10-24-15-9-4-3-8-14(15)23-2/h3-9H,10H2,1-2H3. The van der Waals surface area contributed by atoms with Crippen molar-refractivity contribution in [2.75, 3.05) is 7.11 Å². The lowest BCUT2D eigenvalue weighted by Gasteiger charge is -2.13. The van der Waals surface area contributed by atoms with Crippen LogP contribution in [0.5, 0.6) is 11.5 Å². The number of aryl methyl sites for hydroxylation is 1. The molecule has 8 heteroatoms. The van der Waals surface area contributed by atoms with E-state index in [2.05, 4.69) is 26.4 Å². The van der Waals surface area contributed by atoms with E-state index in [1.54, 1.807) is 20.2 Å². The second-order valence-electron chi connectivity index (χ2n) is 4.97. The third-order valence-corrected chi connectivity index (χ3v) is 4.23. The maximum atomic E-state index is 12.1. The van der Waals surface area contributed by atoms with E-state index in [4.69, 9.17) is 9.47 Å². The lowest BCUT2D eigenvalue weighted by molar-refractivity contribution is 0.283. The molecule has 0 aliphatic heterocycles. The van der Waals surface area contributed by atoms with Gasteiger partial charge in [0.15, 0.2) is 11.5 Å². The van der Waals surface area contributed by atoms with Crippen LogP contribution < -0.4 is 15.2 Å². The van der Waals surface area contributed by atoms with E-state index >= 15 is 0 Å². The molecule has 0 radical (unpaired) electrons. The molecule has 2 aromatic carbocycles. The number of halogens is 1. The minimum Gasteiger partial charge on any atom is -0.493 e. The number of hydrogen-bond donors (Lipinski definition) is 0. The first-order valence-corrected chi connectivity index (χ1v) is 7.93. The molecule has 3 aromatic rings. The van der Waals surface area contributed by atoms with E-state index in [1.165, 1.54) is 9.36 Å². The Bertz CT molecular complexity index is 920. The van der Waals surface area contributed by atoms with Crippen molar-refractivity contribution in [2.24, 2.45) is 7.05 Å². The van der Waals surface area contributed by atoms with E-state index in [-0.39, 0.29) is 12.3 Å². The Morgan fingerprint density at radius 1 is 1.08 bits per heavy atom. The number of methoxy groups -OCH3 is 1. The van der Waals surface area contributed by atoms with Crippen LogP contribution in [-0.4, -0.2) is 26.9 Å². The highest BCUT2D eigenvalue weighted by Gasteiger charge is 2.15. The summed E-state index contributed by atoms with van der Waals surface area (Å²) in [6, 6.07) is 12.9. The van der Waals surface area contributed by atoms with Crippen LogP contribution in [0.4, 0.5) is 0 Å². The van der Waals surface area contributed by atoms with Crippen LogP contribution in [0.1, 0.15) is 5.56 Å². The first-order valence-electron chi connectivity index (χ1n) is 7.14. The molecule has 0 aliphatic carbocycles. The number of aromatic nitrogens is 4. The van der Waals surface area contributed by atoms with Crippen LogP contribution in [0.25, 0.3) is 5.69 Å². The second-order valence-corrected chi connectivity index (χ2v) is 5.83. The third-order valence-electron chi connectivity index (χ3n) is 3.49. The molecule has 124 valence electrons. The van der Waals surface area contributed by atoms with Gasteiger partial charge in [0.05, 0.1) is 12.8 Å². The quantitative estimate of drug-likeness (QED) is 0.668. The smallest absolute Gasteiger partial charge is 0.368 e. The topological polar surface area (TPSA) is 71.2 Å². The maximum Gasteiger partial charge on any atom is 0.368 e. The first-order chi connectivity index (χ1) is 11.6. The molecule has 0 unspecified atom stereocenters. The predicted molar refractivity (Wildman–Crippen MR) is 91.6 cm³/mol. The third kappa shape index (κ3) is 3.05. The van der Waals surface area contributed by atoms with Gasteiger partial charge in [-0.25, -0.2) is 4.79 Å². The lowest BCUT2D eigenvalue weighted by Crippen LogP contribution is -2.23. The van der Waals surface area contributed by atoms with Gasteiger partial charge in [0.25, 0.3) is 0 Å². The largest absolute Gasteiger partial charge is 0.493 e. The van der Waals surface area contributed by atoms with Gasteiger partial charge in [0.1, 0.15) is 6.61 Å². The molecule has 1 aromatic heterocycles. The fourth-order valence-corrected chi connectivity index (χ4v) is 2.71. The molecule has 0 saturated heterocycles. The number of para-hydroxylation sites is 2. The van der Waals surface area contributed by atoms with Gasteiger partial charge in [-0.1, -0.05) is 34.1 Å². The number of hydrogen-bond acceptors (Lipinski definition) is 5. The molecule has 3 rings (SSSR count). The van der Waals surface area contributed by atoms with Crippen molar-refractivity contribution >= 4 is 15.9 Å². The Hall–Kier alpha value is -2.61. The molecular formula is C16H15BrN4O3. The molecule has 0 N–H and O–H groups in total.